The first-order chi connectivity index (χ1) is 7.51. The summed E-state index contributed by atoms with van der Waals surface area (Å²) in [6.07, 6.45) is 1.74. The Morgan fingerprint density at radius 2 is 1.88 bits per heavy atom. The predicted octanol–water partition coefficient (Wildman–Crippen LogP) is 2.06. The molecule has 0 radical (unpaired) electrons. The summed E-state index contributed by atoms with van der Waals surface area (Å²) in [5, 5.41) is 3.35. The average Bonchev–Trinajstić information content (AvgIpc) is 2.54. The van der Waals surface area contributed by atoms with Gasteiger partial charge in [0.25, 0.3) is 0 Å². The van der Waals surface area contributed by atoms with Crippen molar-refractivity contribution >= 4 is 0 Å². The van der Waals surface area contributed by atoms with Crippen LogP contribution in [0.15, 0.2) is 0 Å². The fourth-order valence-corrected chi connectivity index (χ4v) is 2.64. The van der Waals surface area contributed by atoms with Crippen molar-refractivity contribution in [3.8, 4) is 0 Å². The van der Waals surface area contributed by atoms with Crippen LogP contribution in [-0.2, 0) is 9.47 Å². The molecular weight excluding hydrogens is 202 g/mol. The van der Waals surface area contributed by atoms with E-state index in [1.54, 1.807) is 7.11 Å². The fraction of sp³-hybridized carbons (Fsp3) is 1.00. The van der Waals surface area contributed by atoms with Gasteiger partial charge in [-0.1, -0.05) is 27.7 Å². The Morgan fingerprint density at radius 3 is 2.25 bits per heavy atom. The SMILES string of the molecule is CN[C@@H]1[C@H](OC)[C@@H](CC(C)C)O[C@H]1C(C)C. The Balaban J connectivity index is 2.73. The molecule has 1 aliphatic rings. The van der Waals surface area contributed by atoms with Gasteiger partial charge in [-0.2, -0.15) is 0 Å². The minimum atomic E-state index is 0.180. The summed E-state index contributed by atoms with van der Waals surface area (Å²) in [5.74, 6) is 1.17. The molecule has 3 nitrogen and oxygen atoms in total. The van der Waals surface area contributed by atoms with Crippen molar-refractivity contribution in [3.05, 3.63) is 0 Å². The van der Waals surface area contributed by atoms with Gasteiger partial charge in [0.1, 0.15) is 6.10 Å². The first-order valence-electron chi connectivity index (χ1n) is 6.36. The van der Waals surface area contributed by atoms with Crippen molar-refractivity contribution in [2.75, 3.05) is 14.2 Å². The number of hydrogen-bond acceptors (Lipinski definition) is 3. The standard InChI is InChI=1S/C13H27NO2/c1-8(2)7-10-13(15-6)11(14-5)12(16-10)9(3)4/h8-14H,7H2,1-6H3/t10-,11+,12+,13-/m1/s1. The van der Waals surface area contributed by atoms with Crippen molar-refractivity contribution < 1.29 is 9.47 Å². The molecule has 16 heavy (non-hydrogen) atoms. The van der Waals surface area contributed by atoms with Crippen LogP contribution in [0.25, 0.3) is 0 Å². The molecule has 0 spiro atoms. The Bertz CT molecular complexity index is 206. The quantitative estimate of drug-likeness (QED) is 0.783. The normalized spacial score (nSPS) is 35.2. The molecule has 0 unspecified atom stereocenters. The summed E-state index contributed by atoms with van der Waals surface area (Å²) >= 11 is 0. The lowest BCUT2D eigenvalue weighted by atomic mass is 9.94. The number of nitrogens with one attached hydrogen (secondary N) is 1. The molecule has 4 atom stereocenters. The monoisotopic (exact) mass is 229 g/mol. The van der Waals surface area contributed by atoms with Crippen molar-refractivity contribution in [2.24, 2.45) is 11.8 Å². The lowest BCUT2D eigenvalue weighted by Gasteiger charge is -2.24. The van der Waals surface area contributed by atoms with Gasteiger partial charge in [-0.25, -0.2) is 0 Å². The average molecular weight is 229 g/mol. The minimum absolute atomic E-state index is 0.180. The highest BCUT2D eigenvalue weighted by atomic mass is 16.6. The molecular formula is C13H27NO2. The molecule has 0 aromatic heterocycles. The topological polar surface area (TPSA) is 30.5 Å². The number of ether oxygens (including phenoxy) is 2. The van der Waals surface area contributed by atoms with Crippen LogP contribution in [0.3, 0.4) is 0 Å². The first kappa shape index (κ1) is 13.9. The molecule has 1 aliphatic heterocycles. The summed E-state index contributed by atoms with van der Waals surface area (Å²) in [7, 11) is 3.78. The molecule has 0 aromatic carbocycles. The van der Waals surface area contributed by atoms with Gasteiger partial charge in [0.05, 0.1) is 18.2 Å². The van der Waals surface area contributed by atoms with E-state index >= 15 is 0 Å². The summed E-state index contributed by atoms with van der Waals surface area (Å²) in [4.78, 5) is 0. The van der Waals surface area contributed by atoms with E-state index in [0.717, 1.165) is 6.42 Å². The first-order valence-corrected chi connectivity index (χ1v) is 6.36. The lowest BCUT2D eigenvalue weighted by Crippen LogP contribution is -2.45. The van der Waals surface area contributed by atoms with E-state index in [0.29, 0.717) is 17.9 Å². The van der Waals surface area contributed by atoms with Crippen molar-refractivity contribution in [3.63, 3.8) is 0 Å². The van der Waals surface area contributed by atoms with Crippen LogP contribution < -0.4 is 5.32 Å². The van der Waals surface area contributed by atoms with Gasteiger partial charge in [0.2, 0.25) is 0 Å². The second-order valence-corrected chi connectivity index (χ2v) is 5.53. The maximum Gasteiger partial charge on any atom is 0.101 e. The maximum atomic E-state index is 6.15. The highest BCUT2D eigenvalue weighted by molar-refractivity contribution is 4.97. The Kier molecular flexibility index (Phi) is 5.22. The number of rotatable bonds is 5. The number of hydrogen-bond donors (Lipinski definition) is 1. The molecule has 1 N–H and O–H groups in total. The number of likely N-dealkylation sites (N-methyl/N-ethyl adjacent to an activating group) is 1. The molecule has 0 saturated carbocycles. The van der Waals surface area contributed by atoms with Crippen LogP contribution in [0.4, 0.5) is 0 Å². The van der Waals surface area contributed by atoms with Crippen LogP contribution in [0, 0.1) is 11.8 Å². The van der Waals surface area contributed by atoms with E-state index in [2.05, 4.69) is 33.0 Å². The molecule has 0 aliphatic carbocycles. The van der Waals surface area contributed by atoms with E-state index in [9.17, 15) is 0 Å². The molecule has 96 valence electrons. The highest BCUT2D eigenvalue weighted by Gasteiger charge is 2.44. The Hall–Kier alpha value is -0.120. The zero-order valence-corrected chi connectivity index (χ0v) is 11.5. The molecule has 0 amide bonds. The largest absolute Gasteiger partial charge is 0.377 e. The second kappa shape index (κ2) is 5.99. The van der Waals surface area contributed by atoms with Gasteiger partial charge >= 0.3 is 0 Å². The van der Waals surface area contributed by atoms with Gasteiger partial charge < -0.3 is 14.8 Å². The Morgan fingerprint density at radius 1 is 1.25 bits per heavy atom. The third kappa shape index (κ3) is 2.96. The van der Waals surface area contributed by atoms with Gasteiger partial charge in [0.15, 0.2) is 0 Å². The maximum absolute atomic E-state index is 6.15. The fourth-order valence-electron chi connectivity index (χ4n) is 2.64. The summed E-state index contributed by atoms with van der Waals surface area (Å²) in [6, 6.07) is 0.314. The van der Waals surface area contributed by atoms with E-state index in [1.165, 1.54) is 0 Å². The third-order valence-corrected chi connectivity index (χ3v) is 3.37. The minimum Gasteiger partial charge on any atom is -0.377 e. The van der Waals surface area contributed by atoms with Crippen molar-refractivity contribution in [1.82, 2.24) is 5.32 Å². The van der Waals surface area contributed by atoms with Crippen molar-refractivity contribution in [1.29, 1.82) is 0 Å². The van der Waals surface area contributed by atoms with Crippen LogP contribution in [0.2, 0.25) is 0 Å². The number of methoxy groups -OCH3 is 1. The van der Waals surface area contributed by atoms with Crippen LogP contribution >= 0.6 is 0 Å². The van der Waals surface area contributed by atoms with Crippen LogP contribution in [-0.4, -0.2) is 38.5 Å². The summed E-state index contributed by atoms with van der Waals surface area (Å²) in [5.41, 5.74) is 0. The van der Waals surface area contributed by atoms with Crippen LogP contribution in [0.1, 0.15) is 34.1 Å². The Labute approximate surface area is 99.9 Å². The molecule has 1 rings (SSSR count). The molecule has 3 heteroatoms. The predicted molar refractivity (Wildman–Crippen MR) is 66.6 cm³/mol. The second-order valence-electron chi connectivity index (χ2n) is 5.53. The highest BCUT2D eigenvalue weighted by Crippen LogP contribution is 2.31. The van der Waals surface area contributed by atoms with Crippen LogP contribution in [0.5, 0.6) is 0 Å². The van der Waals surface area contributed by atoms with Gasteiger partial charge in [-0.05, 0) is 25.3 Å². The summed E-state index contributed by atoms with van der Waals surface area (Å²) in [6.45, 7) is 8.87. The van der Waals surface area contributed by atoms with Gasteiger partial charge in [-0.3, -0.25) is 0 Å². The third-order valence-electron chi connectivity index (χ3n) is 3.37. The van der Waals surface area contributed by atoms with Gasteiger partial charge in [0, 0.05) is 7.11 Å². The lowest BCUT2D eigenvalue weighted by molar-refractivity contribution is -0.0263. The molecule has 1 fully saturated rings. The van der Waals surface area contributed by atoms with Gasteiger partial charge in [-0.15, -0.1) is 0 Å². The van der Waals surface area contributed by atoms with Crippen molar-refractivity contribution in [2.45, 2.75) is 58.5 Å². The van der Waals surface area contributed by atoms with E-state index in [4.69, 9.17) is 9.47 Å². The zero-order chi connectivity index (χ0) is 12.3. The van der Waals surface area contributed by atoms with E-state index < -0.39 is 0 Å². The molecule has 1 saturated heterocycles. The van der Waals surface area contributed by atoms with E-state index in [1.807, 2.05) is 7.05 Å². The molecule has 1 heterocycles. The summed E-state index contributed by atoms with van der Waals surface area (Å²) < 4.78 is 11.8. The van der Waals surface area contributed by atoms with E-state index in [-0.39, 0.29) is 18.3 Å². The molecule has 0 bridgehead atoms. The smallest absolute Gasteiger partial charge is 0.101 e. The molecule has 0 aromatic rings. The zero-order valence-electron chi connectivity index (χ0n) is 11.5.